The van der Waals surface area contributed by atoms with Gasteiger partial charge in [0.25, 0.3) is 5.91 Å². The average Bonchev–Trinajstić information content (AvgIpc) is 2.97. The van der Waals surface area contributed by atoms with E-state index in [1.807, 2.05) is 39.5 Å². The maximum atomic E-state index is 13.5. The number of hydrogen-bond acceptors (Lipinski definition) is 7. The summed E-state index contributed by atoms with van der Waals surface area (Å²) >= 11 is 0. The fourth-order valence-electron chi connectivity index (χ4n) is 4.08. The predicted molar refractivity (Wildman–Crippen MR) is 123 cm³/mol. The van der Waals surface area contributed by atoms with E-state index < -0.39 is 15.7 Å². The van der Waals surface area contributed by atoms with Gasteiger partial charge < -0.3 is 15.4 Å². The lowest BCUT2D eigenvalue weighted by Crippen LogP contribution is -2.40. The number of anilines is 1. The monoisotopic (exact) mass is 460 g/mol. The molecule has 0 aliphatic carbocycles. The Hall–Kier alpha value is -2.68. The van der Waals surface area contributed by atoms with E-state index in [1.54, 1.807) is 12.1 Å². The van der Waals surface area contributed by atoms with Crippen LogP contribution in [0.3, 0.4) is 0 Å². The predicted octanol–water partition coefficient (Wildman–Crippen LogP) is 3.46. The lowest BCUT2D eigenvalue weighted by atomic mass is 9.97. The van der Waals surface area contributed by atoms with E-state index in [4.69, 9.17) is 10.5 Å². The van der Waals surface area contributed by atoms with Crippen molar-refractivity contribution >= 4 is 21.6 Å². The van der Waals surface area contributed by atoms with Crippen LogP contribution in [0.4, 0.5) is 5.82 Å². The van der Waals surface area contributed by atoms with Gasteiger partial charge in [-0.25, -0.2) is 18.4 Å². The first-order valence-corrected chi connectivity index (χ1v) is 12.1. The summed E-state index contributed by atoms with van der Waals surface area (Å²) in [5.74, 6) is 0.00624. The summed E-state index contributed by atoms with van der Waals surface area (Å²) in [4.78, 5) is 22.8. The molecule has 3 heterocycles. The van der Waals surface area contributed by atoms with E-state index in [-0.39, 0.29) is 38.1 Å². The molecule has 1 saturated heterocycles. The molecular weight excluding hydrogens is 428 g/mol. The molecule has 1 amide bonds. The summed E-state index contributed by atoms with van der Waals surface area (Å²) in [6.45, 7) is 13.2. The molecule has 32 heavy (non-hydrogen) atoms. The van der Waals surface area contributed by atoms with Gasteiger partial charge in [0.2, 0.25) is 15.7 Å². The highest BCUT2D eigenvalue weighted by Gasteiger charge is 2.40. The van der Waals surface area contributed by atoms with Crippen LogP contribution in [0, 0.1) is 11.3 Å². The minimum Gasteiger partial charge on any atom is -0.477 e. The molecule has 1 unspecified atom stereocenters. The number of pyridine rings is 2. The summed E-state index contributed by atoms with van der Waals surface area (Å²) in [5.41, 5.74) is 5.17. The highest BCUT2D eigenvalue weighted by Crippen LogP contribution is 2.39. The van der Waals surface area contributed by atoms with Gasteiger partial charge in [0, 0.05) is 24.3 Å². The lowest BCUT2D eigenvalue weighted by Gasteiger charge is -2.33. The van der Waals surface area contributed by atoms with Crippen LogP contribution in [-0.2, 0) is 9.84 Å². The minimum atomic E-state index is -4.15. The number of sulfone groups is 1. The van der Waals surface area contributed by atoms with Crippen LogP contribution in [0.5, 0.6) is 5.88 Å². The van der Waals surface area contributed by atoms with Gasteiger partial charge in [0.1, 0.15) is 11.4 Å². The molecule has 0 radical (unpaired) electrons. The molecule has 0 spiro atoms. The number of rotatable bonds is 6. The Morgan fingerprint density at radius 3 is 2.53 bits per heavy atom. The topological polar surface area (TPSA) is 115 Å². The average molecular weight is 461 g/mol. The number of carbonyl (C=O) groups excluding carboxylic acids is 1. The zero-order valence-electron chi connectivity index (χ0n) is 19.5. The number of nitrogens with zero attached hydrogens (tertiary/aromatic N) is 3. The number of nitrogens with two attached hydrogens (primary N) is 1. The zero-order valence-corrected chi connectivity index (χ0v) is 20.4. The zero-order chi connectivity index (χ0) is 23.9. The summed E-state index contributed by atoms with van der Waals surface area (Å²) < 4.78 is 32.7. The van der Waals surface area contributed by atoms with E-state index in [1.165, 1.54) is 18.3 Å². The Bertz CT molecular complexity index is 1120. The number of carbonyl (C=O) groups is 1. The van der Waals surface area contributed by atoms with Gasteiger partial charge in [-0.15, -0.1) is 0 Å². The maximum absolute atomic E-state index is 13.5. The quantitative estimate of drug-likeness (QED) is 0.702. The van der Waals surface area contributed by atoms with Crippen molar-refractivity contribution in [3.05, 3.63) is 36.0 Å². The first-order valence-electron chi connectivity index (χ1n) is 10.6. The molecule has 3 rings (SSSR count). The van der Waals surface area contributed by atoms with Crippen LogP contribution in [0.15, 0.2) is 40.4 Å². The summed E-state index contributed by atoms with van der Waals surface area (Å²) in [6, 6.07) is 5.85. The second-order valence-electron chi connectivity index (χ2n) is 10.3. The van der Waals surface area contributed by atoms with Crippen LogP contribution in [0.1, 0.15) is 58.3 Å². The van der Waals surface area contributed by atoms with Crippen LogP contribution in [0.2, 0.25) is 0 Å². The molecule has 0 bridgehead atoms. The normalized spacial score (nSPS) is 18.6. The second kappa shape index (κ2) is 8.35. The highest BCUT2D eigenvalue weighted by atomic mass is 32.2. The van der Waals surface area contributed by atoms with Gasteiger partial charge in [-0.05, 0) is 43.7 Å². The van der Waals surface area contributed by atoms with Crippen LogP contribution in [-0.4, -0.2) is 43.0 Å². The van der Waals surface area contributed by atoms with Gasteiger partial charge in [-0.2, -0.15) is 0 Å². The van der Waals surface area contributed by atoms with Crippen molar-refractivity contribution in [1.82, 2.24) is 9.97 Å². The minimum absolute atomic E-state index is 0.113. The van der Waals surface area contributed by atoms with Crippen LogP contribution < -0.4 is 15.4 Å². The Kier molecular flexibility index (Phi) is 6.25. The van der Waals surface area contributed by atoms with Crippen molar-refractivity contribution in [2.24, 2.45) is 17.1 Å². The summed E-state index contributed by atoms with van der Waals surface area (Å²) in [5, 5.41) is -0.211. The fraction of sp³-hybridized carbons (Fsp3) is 0.522. The van der Waals surface area contributed by atoms with Gasteiger partial charge in [-0.1, -0.05) is 33.8 Å². The molecular formula is C23H32N4O4S. The highest BCUT2D eigenvalue weighted by molar-refractivity contribution is 7.91. The molecule has 2 N–H and O–H groups in total. The third-order valence-corrected chi connectivity index (χ3v) is 7.08. The Morgan fingerprint density at radius 2 is 1.97 bits per heavy atom. The standard InChI is InChI=1S/C23H32N4O4S/c1-15-12-23(5,6)27(13-15)21-19(20(24)28)16(10-11-25-21)32(29,30)18-9-7-8-17(26-18)31-14-22(2,3)4/h7-11,15H,12-14H2,1-6H3,(H2,24,28). The Morgan fingerprint density at radius 1 is 1.28 bits per heavy atom. The second-order valence-corrected chi connectivity index (χ2v) is 12.1. The summed E-state index contributed by atoms with van der Waals surface area (Å²) in [6.07, 6.45) is 2.28. The third kappa shape index (κ3) is 4.87. The lowest BCUT2D eigenvalue weighted by molar-refractivity contribution is 0.0997. The molecule has 174 valence electrons. The van der Waals surface area contributed by atoms with Gasteiger partial charge in [0.15, 0.2) is 5.03 Å². The molecule has 0 aromatic carbocycles. The molecule has 1 fully saturated rings. The largest absolute Gasteiger partial charge is 0.477 e. The van der Waals surface area contributed by atoms with Gasteiger partial charge >= 0.3 is 0 Å². The first kappa shape index (κ1) is 24.0. The smallest absolute Gasteiger partial charge is 0.253 e. The fourth-order valence-corrected chi connectivity index (χ4v) is 5.48. The molecule has 2 aromatic heterocycles. The van der Waals surface area contributed by atoms with Crippen molar-refractivity contribution in [3.63, 3.8) is 0 Å². The molecule has 0 saturated carbocycles. The molecule has 1 atom stereocenters. The Labute approximate surface area is 190 Å². The first-order chi connectivity index (χ1) is 14.7. The van der Waals surface area contributed by atoms with E-state index >= 15 is 0 Å². The van der Waals surface area contributed by atoms with Crippen molar-refractivity contribution in [2.75, 3.05) is 18.1 Å². The third-order valence-electron chi connectivity index (χ3n) is 5.38. The maximum Gasteiger partial charge on any atom is 0.253 e. The van der Waals surface area contributed by atoms with Crippen molar-refractivity contribution in [3.8, 4) is 5.88 Å². The number of aromatic nitrogens is 2. The van der Waals surface area contributed by atoms with Crippen LogP contribution in [0.25, 0.3) is 0 Å². The van der Waals surface area contributed by atoms with Gasteiger partial charge in [0.05, 0.1) is 11.5 Å². The van der Waals surface area contributed by atoms with Gasteiger partial charge in [-0.3, -0.25) is 4.79 Å². The summed E-state index contributed by atoms with van der Waals surface area (Å²) in [7, 11) is -4.15. The molecule has 2 aromatic rings. The van der Waals surface area contributed by atoms with E-state index in [0.717, 1.165) is 6.42 Å². The molecule has 1 aliphatic heterocycles. The molecule has 1 aliphatic rings. The molecule has 9 heteroatoms. The Balaban J connectivity index is 2.09. The van der Waals surface area contributed by atoms with Crippen molar-refractivity contribution in [2.45, 2.75) is 63.4 Å². The number of primary amides is 1. The van der Waals surface area contributed by atoms with Crippen LogP contribution >= 0.6 is 0 Å². The van der Waals surface area contributed by atoms with E-state index in [0.29, 0.717) is 19.1 Å². The number of ether oxygens (including phenoxy) is 1. The van der Waals surface area contributed by atoms with Crippen molar-refractivity contribution < 1.29 is 17.9 Å². The number of hydrogen-bond donors (Lipinski definition) is 1. The number of amides is 1. The van der Waals surface area contributed by atoms with E-state index in [9.17, 15) is 13.2 Å². The molecule has 8 nitrogen and oxygen atoms in total. The van der Waals surface area contributed by atoms with Crippen molar-refractivity contribution in [1.29, 1.82) is 0 Å². The SMILES string of the molecule is CC1CN(c2nccc(S(=O)(=O)c3cccc(OCC(C)(C)C)n3)c2C(N)=O)C(C)(C)C1. The van der Waals surface area contributed by atoms with E-state index in [2.05, 4.69) is 16.9 Å².